The van der Waals surface area contributed by atoms with Crippen LogP contribution in [0.4, 0.5) is 8.78 Å². The van der Waals surface area contributed by atoms with Gasteiger partial charge >= 0.3 is 0 Å². The van der Waals surface area contributed by atoms with E-state index in [1.165, 1.54) is 24.6 Å². The second-order valence-electron chi connectivity index (χ2n) is 12.5. The molecule has 0 aliphatic heterocycles. The molecule has 1 saturated carbocycles. The highest BCUT2D eigenvalue weighted by atomic mass is 19.1. The molecule has 1 fully saturated rings. The molecule has 1 unspecified atom stereocenters. The molecular weight excluding hydrogens is 614 g/mol. The Hall–Kier alpha value is -4.40. The van der Waals surface area contributed by atoms with Gasteiger partial charge in [0.1, 0.15) is 24.1 Å². The average molecular weight is 657 g/mol. The number of halogens is 2. The van der Waals surface area contributed by atoms with Crippen LogP contribution in [0.25, 0.3) is 11.5 Å². The van der Waals surface area contributed by atoms with E-state index >= 15 is 0 Å². The summed E-state index contributed by atoms with van der Waals surface area (Å²) in [7, 11) is 0. The molecule has 0 bridgehead atoms. The minimum atomic E-state index is -1.32. The lowest BCUT2D eigenvalue weighted by atomic mass is 9.95. The summed E-state index contributed by atoms with van der Waals surface area (Å²) in [4.78, 5) is 21.7. The smallest absolute Gasteiger partial charge is 0.253 e. The second-order valence-corrected chi connectivity index (χ2v) is 12.5. The Bertz CT molecular complexity index is 1730. The lowest BCUT2D eigenvalue weighted by Crippen LogP contribution is -2.49. The van der Waals surface area contributed by atoms with Crippen LogP contribution in [0.2, 0.25) is 0 Å². The third-order valence-electron chi connectivity index (χ3n) is 8.86. The molecule has 4 N–H and O–H groups in total. The van der Waals surface area contributed by atoms with Crippen LogP contribution in [0, 0.1) is 24.0 Å². The summed E-state index contributed by atoms with van der Waals surface area (Å²) < 4.78 is 33.4. The van der Waals surface area contributed by atoms with E-state index in [0.717, 1.165) is 24.5 Å². The molecule has 8 nitrogen and oxygen atoms in total. The SMILES string of the molecule is C#Cc1cccc(C2(N(C[C@@H](O)[C@@H](N)Cc3cc(F)cc(F)c3)C(O)c3cc(C(=O)N(CCC)CCC)cc(-c4ncco4)c3)CC2)c1. The zero-order chi connectivity index (χ0) is 34.4. The number of carbonyl (C=O) groups is 1. The summed E-state index contributed by atoms with van der Waals surface area (Å²) in [6.45, 7) is 5.08. The fourth-order valence-corrected chi connectivity index (χ4v) is 6.37. The van der Waals surface area contributed by atoms with Crippen molar-refractivity contribution in [2.24, 2.45) is 5.73 Å². The van der Waals surface area contributed by atoms with Gasteiger partial charge in [0.05, 0.1) is 12.3 Å². The topological polar surface area (TPSA) is 116 Å². The summed E-state index contributed by atoms with van der Waals surface area (Å²) in [5.41, 5.74) is 8.83. The van der Waals surface area contributed by atoms with Crippen LogP contribution in [-0.2, 0) is 12.0 Å². The molecule has 0 radical (unpaired) electrons. The van der Waals surface area contributed by atoms with Crippen molar-refractivity contribution in [1.29, 1.82) is 0 Å². The Labute approximate surface area is 280 Å². The minimum absolute atomic E-state index is 0.00233. The number of hydrogen-bond acceptors (Lipinski definition) is 7. The Balaban J connectivity index is 1.55. The van der Waals surface area contributed by atoms with Crippen LogP contribution < -0.4 is 5.73 Å². The molecule has 0 spiro atoms. The maximum absolute atomic E-state index is 13.9. The lowest BCUT2D eigenvalue weighted by Gasteiger charge is -2.39. The first kappa shape index (κ1) is 34.9. The van der Waals surface area contributed by atoms with Crippen LogP contribution in [0.15, 0.2) is 77.5 Å². The largest absolute Gasteiger partial charge is 0.445 e. The maximum Gasteiger partial charge on any atom is 0.253 e. The van der Waals surface area contributed by atoms with Crippen molar-refractivity contribution in [3.05, 3.63) is 113 Å². The van der Waals surface area contributed by atoms with Gasteiger partial charge in [-0.1, -0.05) is 31.9 Å². The lowest BCUT2D eigenvalue weighted by molar-refractivity contribution is -0.0655. The highest BCUT2D eigenvalue weighted by Gasteiger charge is 2.52. The molecule has 1 amide bonds. The van der Waals surface area contributed by atoms with Crippen molar-refractivity contribution in [3.8, 4) is 23.8 Å². The van der Waals surface area contributed by atoms with Gasteiger partial charge in [-0.2, -0.15) is 0 Å². The third kappa shape index (κ3) is 7.83. The molecule has 1 aliphatic carbocycles. The zero-order valence-electron chi connectivity index (χ0n) is 27.3. The van der Waals surface area contributed by atoms with E-state index in [1.807, 2.05) is 38.1 Å². The molecule has 10 heteroatoms. The minimum Gasteiger partial charge on any atom is -0.445 e. The monoisotopic (exact) mass is 656 g/mol. The van der Waals surface area contributed by atoms with E-state index in [9.17, 15) is 23.8 Å². The number of aliphatic hydroxyl groups excluding tert-OH is 2. The Morgan fingerprint density at radius 3 is 2.38 bits per heavy atom. The normalized spacial score (nSPS) is 15.5. The first-order valence-corrected chi connectivity index (χ1v) is 16.3. The molecule has 3 atom stereocenters. The van der Waals surface area contributed by atoms with E-state index < -0.39 is 35.5 Å². The van der Waals surface area contributed by atoms with Crippen LogP contribution in [-0.4, -0.2) is 62.7 Å². The second kappa shape index (κ2) is 15.2. The number of amides is 1. The van der Waals surface area contributed by atoms with Gasteiger partial charge in [0.2, 0.25) is 5.89 Å². The van der Waals surface area contributed by atoms with Crippen molar-refractivity contribution >= 4 is 5.91 Å². The van der Waals surface area contributed by atoms with Gasteiger partial charge in [-0.05, 0) is 91.3 Å². The van der Waals surface area contributed by atoms with Gasteiger partial charge in [0.15, 0.2) is 0 Å². The first-order chi connectivity index (χ1) is 23.1. The van der Waals surface area contributed by atoms with Crippen LogP contribution in [0.3, 0.4) is 0 Å². The zero-order valence-corrected chi connectivity index (χ0v) is 27.3. The Morgan fingerprint density at radius 1 is 1.06 bits per heavy atom. The van der Waals surface area contributed by atoms with Crippen LogP contribution >= 0.6 is 0 Å². The highest BCUT2D eigenvalue weighted by Crippen LogP contribution is 2.54. The standard InChI is InChI=1S/C38H42F2N4O4/c1-4-13-43(14-5-2)36(46)28-20-27(35-42-12-15-48-35)21-29(22-28)37(47)44(38(10-11-38)30-9-7-8-25(6-3)16-30)24-34(45)33(41)19-26-17-31(39)23-32(40)18-26/h3,7-9,12,15-18,20-23,33-34,37,45,47H,4-5,10-11,13-14,19,24,41H2,1-2H3/t33-,34+,37?/m0/s1. The summed E-state index contributed by atoms with van der Waals surface area (Å²) in [6.07, 6.45) is 9.03. The fraction of sp³-hybridized carbons (Fsp3) is 0.368. The van der Waals surface area contributed by atoms with Crippen molar-refractivity contribution < 1.29 is 28.2 Å². The summed E-state index contributed by atoms with van der Waals surface area (Å²) >= 11 is 0. The molecule has 1 aliphatic rings. The highest BCUT2D eigenvalue weighted by molar-refractivity contribution is 5.95. The number of nitrogens with two attached hydrogens (primary N) is 1. The van der Waals surface area contributed by atoms with Gasteiger partial charge in [-0.3, -0.25) is 9.69 Å². The number of nitrogens with zero attached hydrogens (tertiary/aromatic N) is 3. The molecule has 1 aromatic heterocycles. The number of hydrogen-bond donors (Lipinski definition) is 3. The summed E-state index contributed by atoms with van der Waals surface area (Å²) in [5.74, 6) is 1.30. The quantitative estimate of drug-likeness (QED) is 0.110. The van der Waals surface area contributed by atoms with Crippen molar-refractivity contribution in [2.75, 3.05) is 19.6 Å². The van der Waals surface area contributed by atoms with Gasteiger partial charge < -0.3 is 25.3 Å². The summed E-state index contributed by atoms with van der Waals surface area (Å²) in [5, 5.41) is 23.7. The Kier molecular flexibility index (Phi) is 11.1. The third-order valence-corrected chi connectivity index (χ3v) is 8.86. The van der Waals surface area contributed by atoms with E-state index in [4.69, 9.17) is 16.6 Å². The van der Waals surface area contributed by atoms with E-state index in [0.29, 0.717) is 53.7 Å². The molecule has 4 aromatic rings. The van der Waals surface area contributed by atoms with Crippen molar-refractivity contribution in [3.63, 3.8) is 0 Å². The first-order valence-electron chi connectivity index (χ1n) is 16.3. The molecule has 1 heterocycles. The maximum atomic E-state index is 13.9. The molecule has 5 rings (SSSR count). The van der Waals surface area contributed by atoms with E-state index in [1.54, 1.807) is 28.0 Å². The average Bonchev–Trinajstić information content (AvgIpc) is 3.69. The van der Waals surface area contributed by atoms with Crippen molar-refractivity contribution in [1.82, 2.24) is 14.8 Å². The van der Waals surface area contributed by atoms with Gasteiger partial charge in [0, 0.05) is 54.0 Å². The van der Waals surface area contributed by atoms with E-state index in [-0.39, 0.29) is 24.8 Å². The van der Waals surface area contributed by atoms with Crippen LogP contribution in [0.5, 0.6) is 0 Å². The predicted molar refractivity (Wildman–Crippen MR) is 179 cm³/mol. The number of oxazole rings is 1. The van der Waals surface area contributed by atoms with E-state index in [2.05, 4.69) is 10.9 Å². The number of aliphatic hydroxyl groups is 2. The van der Waals surface area contributed by atoms with Crippen LogP contribution in [0.1, 0.15) is 78.4 Å². The van der Waals surface area contributed by atoms with Gasteiger partial charge in [0.25, 0.3) is 5.91 Å². The predicted octanol–water partition coefficient (Wildman–Crippen LogP) is 5.78. The summed E-state index contributed by atoms with van der Waals surface area (Å²) in [6, 6.07) is 14.8. The molecule has 3 aromatic carbocycles. The van der Waals surface area contributed by atoms with Gasteiger partial charge in [-0.15, -0.1) is 6.42 Å². The number of carbonyl (C=O) groups excluding carboxylic acids is 1. The number of rotatable bonds is 15. The molecule has 48 heavy (non-hydrogen) atoms. The molecular formula is C38H42F2N4O4. The fourth-order valence-electron chi connectivity index (χ4n) is 6.37. The molecule has 252 valence electrons. The number of aromatic nitrogens is 1. The van der Waals surface area contributed by atoms with Crippen molar-refractivity contribution in [2.45, 2.75) is 69.9 Å². The molecule has 0 saturated heterocycles. The number of terminal acetylenes is 1. The van der Waals surface area contributed by atoms with Gasteiger partial charge in [-0.25, -0.2) is 13.8 Å². The Morgan fingerprint density at radius 2 is 1.77 bits per heavy atom. The number of benzene rings is 3.